The fourth-order valence-corrected chi connectivity index (χ4v) is 4.16. The summed E-state index contributed by atoms with van der Waals surface area (Å²) in [6, 6.07) is 0.324. The van der Waals surface area contributed by atoms with E-state index in [0.29, 0.717) is 30.6 Å². The maximum Gasteiger partial charge on any atom is 0.227 e. The zero-order chi connectivity index (χ0) is 19.3. The summed E-state index contributed by atoms with van der Waals surface area (Å²) < 4.78 is 5.43. The molecule has 1 saturated heterocycles. The highest BCUT2D eigenvalue weighted by molar-refractivity contribution is 5.85. The summed E-state index contributed by atoms with van der Waals surface area (Å²) in [6.45, 7) is 5.92. The highest BCUT2D eigenvalue weighted by Gasteiger charge is 2.38. The number of hydrogen-bond donors (Lipinski definition) is 2. The van der Waals surface area contributed by atoms with Crippen LogP contribution in [0, 0.1) is 0 Å². The molecule has 0 aromatic carbocycles. The van der Waals surface area contributed by atoms with Crippen LogP contribution in [0.3, 0.4) is 0 Å². The number of carbonyl (C=O) groups excluding carboxylic acids is 2. The summed E-state index contributed by atoms with van der Waals surface area (Å²) in [5, 5.41) is 10.6. The Balaban J connectivity index is 0.00000280. The number of amides is 2. The Hall–Kier alpha value is -1.67. The van der Waals surface area contributed by atoms with Gasteiger partial charge < -0.3 is 20.1 Å². The van der Waals surface area contributed by atoms with E-state index in [9.17, 15) is 9.59 Å². The lowest BCUT2D eigenvalue weighted by Gasteiger charge is -2.31. The Morgan fingerprint density at radius 2 is 2.00 bits per heavy atom. The standard InChI is InChI=1S/C19H31N5O3.ClH/c1-14-13-24(12-11-20-14)17(26)8-7-16-21-18(23-27-16)19(22-15(2)25)9-5-3-4-6-10-19;/h14,20H,3-13H2,1-2H3,(H,22,25);1H. The van der Waals surface area contributed by atoms with E-state index in [1.807, 2.05) is 4.90 Å². The minimum atomic E-state index is -0.540. The fraction of sp³-hybridized carbons (Fsp3) is 0.789. The first-order valence-corrected chi connectivity index (χ1v) is 10.1. The van der Waals surface area contributed by atoms with Gasteiger partial charge >= 0.3 is 0 Å². The number of rotatable bonds is 5. The van der Waals surface area contributed by atoms with E-state index < -0.39 is 5.54 Å². The fourth-order valence-electron chi connectivity index (χ4n) is 4.16. The first kappa shape index (κ1) is 22.6. The molecule has 158 valence electrons. The Morgan fingerprint density at radius 3 is 2.64 bits per heavy atom. The quantitative estimate of drug-likeness (QED) is 0.715. The molecule has 1 atom stereocenters. The van der Waals surface area contributed by atoms with Gasteiger partial charge in [0.15, 0.2) is 5.82 Å². The molecule has 1 unspecified atom stereocenters. The SMILES string of the molecule is CC(=O)NC1(c2noc(CCC(=O)N3CCNC(C)C3)n2)CCCCCC1.Cl. The van der Waals surface area contributed by atoms with Crippen molar-refractivity contribution in [1.82, 2.24) is 25.7 Å². The number of piperazine rings is 1. The second kappa shape index (κ2) is 10.2. The van der Waals surface area contributed by atoms with Crippen molar-refractivity contribution in [3.8, 4) is 0 Å². The minimum absolute atomic E-state index is 0. The van der Waals surface area contributed by atoms with Gasteiger partial charge in [-0.15, -0.1) is 12.4 Å². The van der Waals surface area contributed by atoms with Crippen LogP contribution < -0.4 is 10.6 Å². The number of aryl methyl sites for hydroxylation is 1. The predicted octanol–water partition coefficient (Wildman–Crippen LogP) is 1.93. The van der Waals surface area contributed by atoms with Gasteiger partial charge in [0.05, 0.1) is 0 Å². The van der Waals surface area contributed by atoms with Gasteiger partial charge in [-0.25, -0.2) is 0 Å². The van der Waals surface area contributed by atoms with Crippen molar-refractivity contribution in [3.05, 3.63) is 11.7 Å². The highest BCUT2D eigenvalue weighted by Crippen LogP contribution is 2.34. The van der Waals surface area contributed by atoms with E-state index in [4.69, 9.17) is 4.52 Å². The van der Waals surface area contributed by atoms with Gasteiger partial charge in [-0.05, 0) is 19.8 Å². The minimum Gasteiger partial charge on any atom is -0.343 e. The van der Waals surface area contributed by atoms with E-state index in [1.54, 1.807) is 0 Å². The van der Waals surface area contributed by atoms with Crippen molar-refractivity contribution in [2.75, 3.05) is 19.6 Å². The molecule has 1 saturated carbocycles. The summed E-state index contributed by atoms with van der Waals surface area (Å²) in [4.78, 5) is 30.7. The van der Waals surface area contributed by atoms with Gasteiger partial charge in [-0.2, -0.15) is 4.98 Å². The molecule has 1 aromatic rings. The molecule has 2 amide bonds. The van der Waals surface area contributed by atoms with Crippen LogP contribution in [0.4, 0.5) is 0 Å². The smallest absolute Gasteiger partial charge is 0.227 e. The normalized spacial score (nSPS) is 22.1. The zero-order valence-corrected chi connectivity index (χ0v) is 17.6. The molecule has 1 aromatic heterocycles. The zero-order valence-electron chi connectivity index (χ0n) is 16.8. The van der Waals surface area contributed by atoms with Crippen molar-refractivity contribution in [2.24, 2.45) is 0 Å². The lowest BCUT2D eigenvalue weighted by Crippen LogP contribution is -2.51. The number of nitrogens with one attached hydrogen (secondary N) is 2. The molecule has 3 rings (SSSR count). The summed E-state index contributed by atoms with van der Waals surface area (Å²) in [7, 11) is 0. The van der Waals surface area contributed by atoms with Gasteiger partial charge in [-0.3, -0.25) is 9.59 Å². The largest absolute Gasteiger partial charge is 0.343 e. The number of aromatic nitrogens is 2. The topological polar surface area (TPSA) is 100 Å². The summed E-state index contributed by atoms with van der Waals surface area (Å²) in [5.41, 5.74) is -0.540. The predicted molar refractivity (Wildman–Crippen MR) is 107 cm³/mol. The number of hydrogen-bond acceptors (Lipinski definition) is 6. The van der Waals surface area contributed by atoms with Crippen LogP contribution in [0.5, 0.6) is 0 Å². The van der Waals surface area contributed by atoms with Crippen LogP contribution in [0.2, 0.25) is 0 Å². The number of nitrogens with zero attached hydrogens (tertiary/aromatic N) is 3. The lowest BCUT2D eigenvalue weighted by atomic mass is 9.89. The Morgan fingerprint density at radius 1 is 1.29 bits per heavy atom. The highest BCUT2D eigenvalue weighted by atomic mass is 35.5. The number of carbonyl (C=O) groups is 2. The van der Waals surface area contributed by atoms with Crippen LogP contribution in [-0.4, -0.2) is 52.5 Å². The van der Waals surface area contributed by atoms with Gasteiger partial charge in [0, 0.05) is 45.4 Å². The molecule has 9 heteroatoms. The molecule has 0 bridgehead atoms. The maximum absolute atomic E-state index is 12.4. The summed E-state index contributed by atoms with van der Waals surface area (Å²) >= 11 is 0. The van der Waals surface area contributed by atoms with E-state index >= 15 is 0 Å². The van der Waals surface area contributed by atoms with Gasteiger partial charge in [0.2, 0.25) is 17.7 Å². The molecule has 0 spiro atoms. The first-order chi connectivity index (χ1) is 13.0. The second-order valence-electron chi connectivity index (χ2n) is 7.88. The molecule has 8 nitrogen and oxygen atoms in total. The molecule has 2 heterocycles. The third kappa shape index (κ3) is 5.67. The average molecular weight is 414 g/mol. The van der Waals surface area contributed by atoms with Crippen molar-refractivity contribution in [2.45, 2.75) is 76.8 Å². The molecule has 2 aliphatic rings. The molecular weight excluding hydrogens is 382 g/mol. The van der Waals surface area contributed by atoms with Crippen LogP contribution in [0.1, 0.15) is 70.5 Å². The van der Waals surface area contributed by atoms with Crippen LogP contribution >= 0.6 is 12.4 Å². The summed E-state index contributed by atoms with van der Waals surface area (Å²) in [5.74, 6) is 1.06. The third-order valence-electron chi connectivity index (χ3n) is 5.54. The Bertz CT molecular complexity index is 658. The average Bonchev–Trinajstić information content (AvgIpc) is 3.00. The monoisotopic (exact) mass is 413 g/mol. The molecule has 1 aliphatic carbocycles. The molecule has 28 heavy (non-hydrogen) atoms. The molecule has 2 N–H and O–H groups in total. The van der Waals surface area contributed by atoms with Crippen LogP contribution in [-0.2, 0) is 21.5 Å². The Kier molecular flexibility index (Phi) is 8.24. The summed E-state index contributed by atoms with van der Waals surface area (Å²) in [6.07, 6.45) is 6.81. The molecule has 1 aliphatic heterocycles. The molecule has 0 radical (unpaired) electrons. The van der Waals surface area contributed by atoms with Crippen molar-refractivity contribution < 1.29 is 14.1 Å². The maximum atomic E-state index is 12.4. The van der Waals surface area contributed by atoms with Crippen LogP contribution in [0.15, 0.2) is 4.52 Å². The van der Waals surface area contributed by atoms with E-state index in [1.165, 1.54) is 6.92 Å². The molecular formula is C19H32ClN5O3. The molecule has 2 fully saturated rings. The van der Waals surface area contributed by atoms with Crippen LogP contribution in [0.25, 0.3) is 0 Å². The second-order valence-corrected chi connectivity index (χ2v) is 7.88. The van der Waals surface area contributed by atoms with Gasteiger partial charge in [0.1, 0.15) is 5.54 Å². The Labute approximate surface area is 172 Å². The van der Waals surface area contributed by atoms with Gasteiger partial charge in [-0.1, -0.05) is 30.8 Å². The number of halogens is 1. The van der Waals surface area contributed by atoms with Gasteiger partial charge in [0.25, 0.3) is 0 Å². The van der Waals surface area contributed by atoms with E-state index in [2.05, 4.69) is 27.7 Å². The van der Waals surface area contributed by atoms with Crippen molar-refractivity contribution >= 4 is 24.2 Å². The first-order valence-electron chi connectivity index (χ1n) is 10.1. The van der Waals surface area contributed by atoms with E-state index in [0.717, 1.165) is 58.2 Å². The lowest BCUT2D eigenvalue weighted by molar-refractivity contribution is -0.132. The van der Waals surface area contributed by atoms with Crippen molar-refractivity contribution in [3.63, 3.8) is 0 Å². The van der Waals surface area contributed by atoms with E-state index in [-0.39, 0.29) is 24.2 Å². The third-order valence-corrected chi connectivity index (χ3v) is 5.54. The van der Waals surface area contributed by atoms with Crippen molar-refractivity contribution in [1.29, 1.82) is 0 Å².